The monoisotopic (exact) mass is 343 g/mol. The Kier molecular flexibility index (Phi) is 8.26. The third-order valence-electron chi connectivity index (χ3n) is 4.41. The van der Waals surface area contributed by atoms with Gasteiger partial charge in [-0.3, -0.25) is 4.90 Å². The van der Waals surface area contributed by atoms with Crippen LogP contribution in [0.5, 0.6) is 0 Å². The summed E-state index contributed by atoms with van der Waals surface area (Å²) in [4.78, 5) is 6.00. The lowest BCUT2D eigenvalue weighted by atomic mass is 9.96. The smallest absolute Gasteiger partial charge is 0.0457 e. The van der Waals surface area contributed by atoms with Crippen molar-refractivity contribution in [3.63, 3.8) is 0 Å². The van der Waals surface area contributed by atoms with E-state index in [1.165, 1.54) is 35.7 Å². The van der Waals surface area contributed by atoms with Gasteiger partial charge in [-0.1, -0.05) is 31.9 Å². The maximum atomic E-state index is 3.46. The predicted molar refractivity (Wildman–Crippen MR) is 99.5 cm³/mol. The molecule has 1 aliphatic rings. The van der Waals surface area contributed by atoms with Gasteiger partial charge in [-0.25, -0.2) is 0 Å². The van der Waals surface area contributed by atoms with Crippen molar-refractivity contribution in [1.29, 1.82) is 0 Å². The van der Waals surface area contributed by atoms with Crippen molar-refractivity contribution in [2.24, 2.45) is 0 Å². The molecule has 0 aliphatic carbocycles. The van der Waals surface area contributed by atoms with E-state index in [9.17, 15) is 0 Å². The van der Waals surface area contributed by atoms with Gasteiger partial charge in [0.15, 0.2) is 0 Å². The summed E-state index contributed by atoms with van der Waals surface area (Å²) in [5.41, 5.74) is 2.76. The van der Waals surface area contributed by atoms with Gasteiger partial charge >= 0.3 is 0 Å². The maximum Gasteiger partial charge on any atom is 0.0457 e. The molecule has 1 fully saturated rings. The first-order valence-electron chi connectivity index (χ1n) is 7.91. The standard InChI is InChI=1S/C17H25N3.2ClH/c1-2-3-7-17(20-12-10-18-11-13-20)15-5-4-6-16-14(15)8-9-19-16;;/h4-6,8-9,17-19H,2-3,7,10-13H2,1H3;2*1H/t17-;;/m0../s1. The summed E-state index contributed by atoms with van der Waals surface area (Å²) in [6.07, 6.45) is 5.89. The molecule has 3 rings (SSSR count). The van der Waals surface area contributed by atoms with Crippen LogP contribution in [-0.4, -0.2) is 36.1 Å². The van der Waals surface area contributed by atoms with Crippen molar-refractivity contribution < 1.29 is 0 Å². The zero-order chi connectivity index (χ0) is 13.8. The first kappa shape index (κ1) is 19.3. The van der Waals surface area contributed by atoms with E-state index in [1.807, 2.05) is 0 Å². The average molecular weight is 344 g/mol. The molecule has 0 spiro atoms. The van der Waals surface area contributed by atoms with Crippen LogP contribution in [-0.2, 0) is 0 Å². The molecule has 1 atom stereocenters. The largest absolute Gasteiger partial charge is 0.361 e. The molecule has 3 nitrogen and oxygen atoms in total. The summed E-state index contributed by atoms with van der Waals surface area (Å²) in [6.45, 7) is 6.84. The molecular formula is C17H27Cl2N3. The van der Waals surface area contributed by atoms with E-state index < -0.39 is 0 Å². The lowest BCUT2D eigenvalue weighted by molar-refractivity contribution is 0.164. The fraction of sp³-hybridized carbons (Fsp3) is 0.529. The highest BCUT2D eigenvalue weighted by molar-refractivity contribution is 5.85. The molecule has 22 heavy (non-hydrogen) atoms. The molecule has 2 aromatic rings. The molecule has 1 aromatic carbocycles. The number of hydrogen-bond donors (Lipinski definition) is 2. The number of hydrogen-bond acceptors (Lipinski definition) is 2. The molecule has 1 saturated heterocycles. The molecule has 0 unspecified atom stereocenters. The summed E-state index contributed by atoms with van der Waals surface area (Å²) >= 11 is 0. The minimum atomic E-state index is 0. The van der Waals surface area contributed by atoms with Crippen LogP contribution < -0.4 is 5.32 Å². The summed E-state index contributed by atoms with van der Waals surface area (Å²) in [5, 5.41) is 4.86. The van der Waals surface area contributed by atoms with Crippen molar-refractivity contribution >= 4 is 35.7 Å². The summed E-state index contributed by atoms with van der Waals surface area (Å²) < 4.78 is 0. The Labute approximate surface area is 145 Å². The number of halogens is 2. The topological polar surface area (TPSA) is 31.1 Å². The van der Waals surface area contributed by atoms with E-state index in [0.717, 1.165) is 26.2 Å². The van der Waals surface area contributed by atoms with Crippen LogP contribution >= 0.6 is 24.8 Å². The molecule has 0 amide bonds. The summed E-state index contributed by atoms with van der Waals surface area (Å²) in [5.74, 6) is 0. The van der Waals surface area contributed by atoms with Crippen molar-refractivity contribution in [3.8, 4) is 0 Å². The molecule has 0 saturated carbocycles. The number of piperazine rings is 1. The van der Waals surface area contributed by atoms with Crippen LogP contribution in [0.1, 0.15) is 37.8 Å². The van der Waals surface area contributed by atoms with Crippen LogP contribution in [0.4, 0.5) is 0 Å². The number of H-pyrrole nitrogens is 1. The number of aromatic amines is 1. The normalized spacial score (nSPS) is 16.8. The lowest BCUT2D eigenvalue weighted by Gasteiger charge is -2.35. The Hall–Kier alpha value is -0.740. The molecule has 2 heterocycles. The fourth-order valence-corrected chi connectivity index (χ4v) is 3.33. The molecule has 1 aromatic heterocycles. The Balaban J connectivity index is 0.00000121. The SMILES string of the molecule is CCCC[C@@H](c1cccc2[nH]ccc12)N1CCNCC1.Cl.Cl. The second kappa shape index (κ2) is 9.41. The fourth-order valence-electron chi connectivity index (χ4n) is 3.33. The zero-order valence-corrected chi connectivity index (χ0v) is 14.8. The van der Waals surface area contributed by atoms with Crippen molar-refractivity contribution in [1.82, 2.24) is 15.2 Å². The second-order valence-corrected chi connectivity index (χ2v) is 5.73. The molecule has 124 valence electrons. The van der Waals surface area contributed by atoms with Crippen molar-refractivity contribution in [2.75, 3.05) is 26.2 Å². The number of nitrogens with zero attached hydrogens (tertiary/aromatic N) is 1. The van der Waals surface area contributed by atoms with Crippen molar-refractivity contribution in [3.05, 3.63) is 36.0 Å². The number of aromatic nitrogens is 1. The zero-order valence-electron chi connectivity index (χ0n) is 13.2. The van der Waals surface area contributed by atoms with Crippen LogP contribution in [0, 0.1) is 0 Å². The highest BCUT2D eigenvalue weighted by atomic mass is 35.5. The number of benzene rings is 1. The number of nitrogens with one attached hydrogen (secondary N) is 2. The van der Waals surface area contributed by atoms with Gasteiger partial charge in [0.05, 0.1) is 0 Å². The van der Waals surface area contributed by atoms with E-state index in [0.29, 0.717) is 6.04 Å². The van der Waals surface area contributed by atoms with E-state index >= 15 is 0 Å². The van der Waals surface area contributed by atoms with E-state index in [4.69, 9.17) is 0 Å². The number of unbranched alkanes of at least 4 members (excludes halogenated alkanes) is 1. The Morgan fingerprint density at radius 3 is 2.64 bits per heavy atom. The molecule has 2 N–H and O–H groups in total. The van der Waals surface area contributed by atoms with E-state index in [1.54, 1.807) is 0 Å². The number of fused-ring (bicyclic) bond motifs is 1. The van der Waals surface area contributed by atoms with Gasteiger partial charge in [0, 0.05) is 49.3 Å². The maximum absolute atomic E-state index is 3.46. The molecule has 1 aliphatic heterocycles. The van der Waals surface area contributed by atoms with E-state index in [-0.39, 0.29) is 24.8 Å². The molecule has 0 radical (unpaired) electrons. The van der Waals surface area contributed by atoms with Gasteiger partial charge in [0.2, 0.25) is 0 Å². The van der Waals surface area contributed by atoms with Crippen LogP contribution in [0.25, 0.3) is 10.9 Å². The summed E-state index contributed by atoms with van der Waals surface area (Å²) in [7, 11) is 0. The van der Waals surface area contributed by atoms with Gasteiger partial charge in [0.1, 0.15) is 0 Å². The lowest BCUT2D eigenvalue weighted by Crippen LogP contribution is -2.45. The first-order valence-corrected chi connectivity index (χ1v) is 7.91. The molecule has 5 heteroatoms. The van der Waals surface area contributed by atoms with Crippen LogP contribution in [0.2, 0.25) is 0 Å². The molecular weight excluding hydrogens is 317 g/mol. The minimum absolute atomic E-state index is 0. The minimum Gasteiger partial charge on any atom is -0.361 e. The third-order valence-corrected chi connectivity index (χ3v) is 4.41. The highest BCUT2D eigenvalue weighted by Crippen LogP contribution is 2.31. The summed E-state index contributed by atoms with van der Waals surface area (Å²) in [6, 6.07) is 9.48. The number of rotatable bonds is 5. The van der Waals surface area contributed by atoms with Crippen molar-refractivity contribution in [2.45, 2.75) is 32.2 Å². The highest BCUT2D eigenvalue weighted by Gasteiger charge is 2.23. The van der Waals surface area contributed by atoms with Gasteiger partial charge in [-0.05, 0) is 24.1 Å². The van der Waals surface area contributed by atoms with Crippen LogP contribution in [0.3, 0.4) is 0 Å². The third kappa shape index (κ3) is 4.17. The van der Waals surface area contributed by atoms with Gasteiger partial charge < -0.3 is 10.3 Å². The first-order chi connectivity index (χ1) is 9.90. The Morgan fingerprint density at radius 1 is 1.14 bits per heavy atom. The van der Waals surface area contributed by atoms with Gasteiger partial charge in [-0.15, -0.1) is 24.8 Å². The predicted octanol–water partition coefficient (Wildman–Crippen LogP) is 4.15. The Morgan fingerprint density at radius 2 is 1.91 bits per heavy atom. The van der Waals surface area contributed by atoms with E-state index in [2.05, 4.69) is 52.6 Å². The second-order valence-electron chi connectivity index (χ2n) is 5.73. The molecule has 0 bridgehead atoms. The average Bonchev–Trinajstić information content (AvgIpc) is 2.98. The van der Waals surface area contributed by atoms with Gasteiger partial charge in [0.25, 0.3) is 0 Å². The van der Waals surface area contributed by atoms with Gasteiger partial charge in [-0.2, -0.15) is 0 Å². The van der Waals surface area contributed by atoms with Crippen LogP contribution in [0.15, 0.2) is 30.5 Å². The Bertz CT molecular complexity index is 550. The quantitative estimate of drug-likeness (QED) is 0.854.